The number of halogens is 1. The van der Waals surface area contributed by atoms with Crippen LogP contribution in [0.1, 0.15) is 0 Å². The second-order valence-electron chi connectivity index (χ2n) is 4.17. The molecule has 6 heteroatoms. The molecule has 0 unspecified atom stereocenters. The number of benzene rings is 2. The molecule has 2 aromatic carbocycles. The normalized spacial score (nSPS) is 13.0. The molecule has 0 radical (unpaired) electrons. The molecule has 0 atom stereocenters. The molecular weight excluding hydrogens is 371 g/mol. The molecule has 0 saturated carbocycles. The summed E-state index contributed by atoms with van der Waals surface area (Å²) in [5.74, 6) is 2.58. The third-order valence-corrected chi connectivity index (χ3v) is 4.19. The van der Waals surface area contributed by atoms with Crippen LogP contribution >= 0.6 is 0 Å². The number of rotatable bonds is 2. The molecule has 1 aliphatic heterocycles. The van der Waals surface area contributed by atoms with Gasteiger partial charge >= 0.3 is 126 Å². The van der Waals surface area contributed by atoms with E-state index in [1.54, 1.807) is 0 Å². The third kappa shape index (κ3) is 2.01. The van der Waals surface area contributed by atoms with E-state index < -0.39 is 22.0 Å². The molecule has 0 aliphatic carbocycles. The van der Waals surface area contributed by atoms with Gasteiger partial charge < -0.3 is 0 Å². The molecule has 0 N–H and O–H groups in total. The first-order valence-corrected chi connectivity index (χ1v) is 7.68. The van der Waals surface area contributed by atoms with Gasteiger partial charge in [-0.2, -0.15) is 0 Å². The number of nitrogens with zero attached hydrogens (tertiary/aromatic N) is 2. The molecule has 0 bridgehead atoms. The fraction of sp³-hybridized carbons (Fsp3) is 0. The zero-order valence-electron chi connectivity index (χ0n) is 10.1. The van der Waals surface area contributed by atoms with Gasteiger partial charge in [-0.05, 0) is 0 Å². The van der Waals surface area contributed by atoms with Crippen molar-refractivity contribution >= 4 is 0 Å². The minimum absolute atomic E-state index is 0.505. The average Bonchev–Trinajstić information content (AvgIpc) is 3.16. The monoisotopic (exact) mass is 379 g/mol. The first kappa shape index (κ1) is 11.7. The quantitative estimate of drug-likeness (QED) is 0.591. The average molecular weight is 379 g/mol. The Labute approximate surface area is 125 Å². The van der Waals surface area contributed by atoms with E-state index in [0.717, 1.165) is 22.6 Å². The Balaban J connectivity index is 1.72. The predicted molar refractivity (Wildman–Crippen MR) is 66.4 cm³/mol. The summed E-state index contributed by atoms with van der Waals surface area (Å²) in [7, 11) is 0. The van der Waals surface area contributed by atoms with Crippen LogP contribution in [0.4, 0.5) is 0 Å². The minimum atomic E-state index is -0.666. The summed E-state index contributed by atoms with van der Waals surface area (Å²) < 4.78 is 16.1. The van der Waals surface area contributed by atoms with Crippen molar-refractivity contribution in [3.63, 3.8) is 0 Å². The van der Waals surface area contributed by atoms with Crippen LogP contribution in [0, 0.1) is 0 Å². The van der Waals surface area contributed by atoms with E-state index >= 15 is 0 Å². The summed E-state index contributed by atoms with van der Waals surface area (Å²) in [6.07, 6.45) is 0. The topological polar surface area (TPSA) is 57.4 Å². The first-order chi connectivity index (χ1) is 9.90. The molecule has 5 nitrogen and oxygen atoms in total. The SMILES string of the molecule is c1ccc(-c2nc(-c3ccc4c(c3)O[I-]O4)no2)cc1. The fourth-order valence-corrected chi connectivity index (χ4v) is 3.08. The van der Waals surface area contributed by atoms with Gasteiger partial charge in [0.2, 0.25) is 0 Å². The van der Waals surface area contributed by atoms with Gasteiger partial charge in [-0.25, -0.2) is 0 Å². The molecule has 0 spiro atoms. The fourth-order valence-electron chi connectivity index (χ4n) is 1.89. The van der Waals surface area contributed by atoms with Crippen LogP contribution in [-0.2, 0) is 0 Å². The number of hydrogen-bond acceptors (Lipinski definition) is 5. The van der Waals surface area contributed by atoms with Crippen LogP contribution in [0.25, 0.3) is 22.8 Å². The second-order valence-corrected chi connectivity index (χ2v) is 5.41. The summed E-state index contributed by atoms with van der Waals surface area (Å²) in [6.45, 7) is 0. The Morgan fingerprint density at radius 1 is 0.850 bits per heavy atom. The molecule has 3 aromatic rings. The summed E-state index contributed by atoms with van der Waals surface area (Å²) in [5.41, 5.74) is 1.75. The zero-order chi connectivity index (χ0) is 13.4. The van der Waals surface area contributed by atoms with Crippen molar-refractivity contribution < 1.29 is 32.7 Å². The molecule has 1 aliphatic rings. The van der Waals surface area contributed by atoms with Crippen LogP contribution in [0.2, 0.25) is 0 Å². The molecule has 20 heavy (non-hydrogen) atoms. The van der Waals surface area contributed by atoms with Crippen LogP contribution < -0.4 is 28.2 Å². The van der Waals surface area contributed by atoms with Crippen LogP contribution in [0.5, 0.6) is 11.5 Å². The van der Waals surface area contributed by atoms with Crippen LogP contribution in [0.3, 0.4) is 0 Å². The number of hydrogen-bond donors (Lipinski definition) is 0. The van der Waals surface area contributed by atoms with Crippen molar-refractivity contribution in [2.45, 2.75) is 0 Å². The summed E-state index contributed by atoms with van der Waals surface area (Å²) in [4.78, 5) is 4.41. The van der Waals surface area contributed by atoms with Crippen molar-refractivity contribution in [1.29, 1.82) is 0 Å². The van der Waals surface area contributed by atoms with Gasteiger partial charge in [0.25, 0.3) is 0 Å². The Morgan fingerprint density at radius 3 is 2.60 bits per heavy atom. The Hall–Kier alpha value is -2.09. The molecular formula is C14H8IN2O3-. The van der Waals surface area contributed by atoms with Crippen molar-refractivity contribution in [2.24, 2.45) is 0 Å². The Morgan fingerprint density at radius 2 is 1.70 bits per heavy atom. The van der Waals surface area contributed by atoms with Crippen molar-refractivity contribution in [3.8, 4) is 34.3 Å². The van der Waals surface area contributed by atoms with Gasteiger partial charge in [0.05, 0.1) is 0 Å². The van der Waals surface area contributed by atoms with Crippen molar-refractivity contribution in [3.05, 3.63) is 48.5 Å². The summed E-state index contributed by atoms with van der Waals surface area (Å²) in [6, 6.07) is 15.3. The second kappa shape index (κ2) is 4.78. The van der Waals surface area contributed by atoms with Gasteiger partial charge in [-0.15, -0.1) is 0 Å². The van der Waals surface area contributed by atoms with Crippen molar-refractivity contribution in [1.82, 2.24) is 10.1 Å². The van der Waals surface area contributed by atoms with Crippen LogP contribution in [-0.4, -0.2) is 10.1 Å². The molecule has 1 aromatic heterocycles. The van der Waals surface area contributed by atoms with Crippen LogP contribution in [0.15, 0.2) is 53.1 Å². The van der Waals surface area contributed by atoms with Gasteiger partial charge in [0, 0.05) is 0 Å². The molecule has 0 amide bonds. The maximum atomic E-state index is 5.45. The zero-order valence-corrected chi connectivity index (χ0v) is 12.3. The van der Waals surface area contributed by atoms with E-state index in [-0.39, 0.29) is 0 Å². The molecule has 100 valence electrons. The van der Waals surface area contributed by atoms with E-state index in [9.17, 15) is 0 Å². The molecule has 0 fully saturated rings. The van der Waals surface area contributed by atoms with Crippen molar-refractivity contribution in [2.75, 3.05) is 0 Å². The van der Waals surface area contributed by atoms with E-state index in [1.807, 2.05) is 48.5 Å². The van der Waals surface area contributed by atoms with Gasteiger partial charge in [-0.1, -0.05) is 0 Å². The van der Waals surface area contributed by atoms with E-state index in [2.05, 4.69) is 10.1 Å². The van der Waals surface area contributed by atoms with E-state index in [0.29, 0.717) is 11.7 Å². The summed E-state index contributed by atoms with van der Waals surface area (Å²) in [5, 5.41) is 4.01. The van der Waals surface area contributed by atoms with Gasteiger partial charge in [0.1, 0.15) is 0 Å². The number of aromatic nitrogens is 2. The molecule has 0 saturated heterocycles. The molecule has 4 rings (SSSR count). The Bertz CT molecular complexity index is 758. The number of fused-ring (bicyclic) bond motifs is 1. The molecule has 2 heterocycles. The predicted octanol–water partition coefficient (Wildman–Crippen LogP) is 0.0938. The Kier molecular flexibility index (Phi) is 2.80. The van der Waals surface area contributed by atoms with Gasteiger partial charge in [0.15, 0.2) is 0 Å². The maximum absolute atomic E-state index is 5.45. The van der Waals surface area contributed by atoms with E-state index in [1.165, 1.54) is 0 Å². The first-order valence-electron chi connectivity index (χ1n) is 5.92. The third-order valence-electron chi connectivity index (χ3n) is 2.88. The standard InChI is InChI=1S/C14H8IN2O3/c1-2-4-9(5-3-1)14-16-13(17-20-14)10-6-7-11-12(8-10)19-15-18-11/h1-8H/q-1. The summed E-state index contributed by atoms with van der Waals surface area (Å²) >= 11 is -0.666. The van der Waals surface area contributed by atoms with Gasteiger partial charge in [-0.3, -0.25) is 0 Å². The van der Waals surface area contributed by atoms with E-state index in [4.69, 9.17) is 10.7 Å².